The van der Waals surface area contributed by atoms with Gasteiger partial charge < -0.3 is 10.1 Å². The Hall–Kier alpha value is -2.54. The molecule has 1 saturated heterocycles. The molecule has 4 nitrogen and oxygen atoms in total. The van der Waals surface area contributed by atoms with Crippen molar-refractivity contribution < 1.29 is 22.7 Å². The van der Waals surface area contributed by atoms with E-state index in [0.717, 1.165) is 31.5 Å². The van der Waals surface area contributed by atoms with Crippen molar-refractivity contribution in [1.82, 2.24) is 5.32 Å². The number of hydrogen-bond acceptors (Lipinski definition) is 3. The summed E-state index contributed by atoms with van der Waals surface area (Å²) in [5.41, 5.74) is 0.492. The summed E-state index contributed by atoms with van der Waals surface area (Å²) >= 11 is 0. The Labute approximate surface area is 155 Å². The second kappa shape index (κ2) is 8.43. The van der Waals surface area contributed by atoms with Crippen molar-refractivity contribution in [2.75, 3.05) is 18.5 Å². The number of halogens is 3. The van der Waals surface area contributed by atoms with Gasteiger partial charge in [-0.25, -0.2) is 4.79 Å². The highest BCUT2D eigenvalue weighted by Gasteiger charge is 2.30. The average molecular weight is 378 g/mol. The quantitative estimate of drug-likeness (QED) is 0.804. The molecule has 2 aromatic rings. The van der Waals surface area contributed by atoms with Crippen molar-refractivity contribution in [3.63, 3.8) is 0 Å². The molecule has 1 fully saturated rings. The second-order valence-corrected chi connectivity index (χ2v) is 6.59. The first-order chi connectivity index (χ1) is 12.9. The smallest absolute Gasteiger partial charge is 0.416 e. The number of hydrogen-bond donors (Lipinski definition) is 2. The molecule has 144 valence electrons. The van der Waals surface area contributed by atoms with Crippen molar-refractivity contribution in [3.8, 4) is 0 Å². The molecule has 2 atom stereocenters. The number of ether oxygens (including phenoxy) is 1. The van der Waals surface area contributed by atoms with Gasteiger partial charge in [0.2, 0.25) is 0 Å². The Morgan fingerprint density at radius 2 is 1.93 bits per heavy atom. The first-order valence-corrected chi connectivity index (χ1v) is 8.81. The van der Waals surface area contributed by atoms with Gasteiger partial charge in [0, 0.05) is 11.7 Å². The third-order valence-corrected chi connectivity index (χ3v) is 4.62. The fraction of sp³-hybridized carbons (Fsp3) is 0.350. The summed E-state index contributed by atoms with van der Waals surface area (Å²) in [6.45, 7) is 0.983. The monoisotopic (exact) mass is 378 g/mol. The zero-order valence-electron chi connectivity index (χ0n) is 14.6. The highest BCUT2D eigenvalue weighted by Crippen LogP contribution is 2.31. The molecule has 0 unspecified atom stereocenters. The normalized spacial score (nSPS) is 20.1. The highest BCUT2D eigenvalue weighted by atomic mass is 19.4. The minimum absolute atomic E-state index is 0.0104. The lowest BCUT2D eigenvalue weighted by atomic mass is 9.87. The molecule has 1 aliphatic rings. The number of carbonyl (C=O) groups excluding carboxylic acids is 1. The largest absolute Gasteiger partial charge is 0.448 e. The van der Waals surface area contributed by atoms with Gasteiger partial charge in [0.1, 0.15) is 6.61 Å². The minimum atomic E-state index is -4.46. The summed E-state index contributed by atoms with van der Waals surface area (Å²) in [5, 5.41) is 5.66. The topological polar surface area (TPSA) is 50.4 Å². The van der Waals surface area contributed by atoms with E-state index in [2.05, 4.69) is 22.8 Å². The number of amides is 1. The van der Waals surface area contributed by atoms with Crippen molar-refractivity contribution >= 4 is 11.8 Å². The first-order valence-electron chi connectivity index (χ1n) is 8.81. The van der Waals surface area contributed by atoms with E-state index >= 15 is 0 Å². The summed E-state index contributed by atoms with van der Waals surface area (Å²) in [4.78, 5) is 11.9. The van der Waals surface area contributed by atoms with Gasteiger partial charge in [-0.05, 0) is 49.1 Å². The third-order valence-electron chi connectivity index (χ3n) is 4.62. The number of anilines is 1. The summed E-state index contributed by atoms with van der Waals surface area (Å²) in [6, 6.07) is 14.6. The Kier molecular flexibility index (Phi) is 6.01. The van der Waals surface area contributed by atoms with Crippen LogP contribution in [-0.2, 0) is 10.9 Å². The number of nitrogens with one attached hydrogen (secondary N) is 2. The van der Waals surface area contributed by atoms with E-state index in [1.807, 2.05) is 18.2 Å². The average Bonchev–Trinajstić information content (AvgIpc) is 2.67. The van der Waals surface area contributed by atoms with Gasteiger partial charge in [-0.15, -0.1) is 0 Å². The van der Waals surface area contributed by atoms with Gasteiger partial charge in [-0.2, -0.15) is 13.2 Å². The molecule has 3 rings (SSSR count). The molecular weight excluding hydrogens is 357 g/mol. The van der Waals surface area contributed by atoms with E-state index < -0.39 is 17.8 Å². The summed E-state index contributed by atoms with van der Waals surface area (Å²) in [6.07, 6.45) is -3.38. The molecule has 27 heavy (non-hydrogen) atoms. The minimum Gasteiger partial charge on any atom is -0.448 e. The fourth-order valence-electron chi connectivity index (χ4n) is 3.26. The Bertz CT molecular complexity index is 765. The molecule has 1 aliphatic heterocycles. The van der Waals surface area contributed by atoms with E-state index in [9.17, 15) is 18.0 Å². The van der Waals surface area contributed by atoms with Crippen LogP contribution in [0.2, 0.25) is 0 Å². The van der Waals surface area contributed by atoms with Crippen molar-refractivity contribution in [3.05, 3.63) is 65.7 Å². The van der Waals surface area contributed by atoms with E-state index in [0.29, 0.717) is 5.92 Å². The molecule has 2 aromatic carbocycles. The molecular formula is C20H21F3N2O2. The van der Waals surface area contributed by atoms with Crippen LogP contribution in [0.15, 0.2) is 54.6 Å². The Morgan fingerprint density at radius 1 is 1.15 bits per heavy atom. The zero-order valence-corrected chi connectivity index (χ0v) is 14.6. The van der Waals surface area contributed by atoms with Crippen LogP contribution >= 0.6 is 0 Å². The first kappa shape index (κ1) is 19.2. The van der Waals surface area contributed by atoms with Gasteiger partial charge in [0.25, 0.3) is 0 Å². The maximum atomic E-state index is 12.7. The molecule has 1 amide bonds. The molecule has 0 aliphatic carbocycles. The van der Waals surface area contributed by atoms with Gasteiger partial charge in [0.15, 0.2) is 0 Å². The number of carbonyl (C=O) groups is 1. The lowest BCUT2D eigenvalue weighted by Gasteiger charge is -2.30. The zero-order chi connectivity index (χ0) is 19.3. The summed E-state index contributed by atoms with van der Waals surface area (Å²) in [5.74, 6) is 0.396. The third kappa shape index (κ3) is 5.47. The van der Waals surface area contributed by atoms with Crippen LogP contribution in [-0.4, -0.2) is 25.3 Å². The van der Waals surface area contributed by atoms with Crippen LogP contribution in [0.1, 0.15) is 29.9 Å². The molecule has 0 bridgehead atoms. The van der Waals surface area contributed by atoms with Gasteiger partial charge in [-0.1, -0.05) is 36.4 Å². The SMILES string of the molecule is O=C(Nc1cccc(C(F)(F)F)c1)OC[C@@H]1C[C@@H](c2ccccc2)CCN1. The second-order valence-electron chi connectivity index (χ2n) is 6.59. The molecule has 1 heterocycles. The van der Waals surface area contributed by atoms with Crippen LogP contribution < -0.4 is 10.6 Å². The standard InChI is InChI=1S/C20H21F3N2O2/c21-20(22,23)16-7-4-8-17(12-16)25-19(26)27-13-18-11-15(9-10-24-18)14-5-2-1-3-6-14/h1-8,12,15,18,24H,9-11,13H2,(H,25,26)/t15-,18-/m0/s1. The van der Waals surface area contributed by atoms with Gasteiger partial charge in [0.05, 0.1) is 5.56 Å². The molecule has 2 N–H and O–H groups in total. The fourth-order valence-corrected chi connectivity index (χ4v) is 3.26. The maximum Gasteiger partial charge on any atom is 0.416 e. The van der Waals surface area contributed by atoms with E-state index in [-0.39, 0.29) is 18.3 Å². The molecule has 0 spiro atoms. The summed E-state index contributed by atoms with van der Waals surface area (Å²) in [7, 11) is 0. The Balaban J connectivity index is 1.50. The predicted octanol–water partition coefficient (Wildman–Crippen LogP) is 4.79. The van der Waals surface area contributed by atoms with Crippen molar-refractivity contribution in [2.24, 2.45) is 0 Å². The Morgan fingerprint density at radius 3 is 2.67 bits per heavy atom. The predicted molar refractivity (Wildman–Crippen MR) is 96.6 cm³/mol. The number of alkyl halides is 3. The summed E-state index contributed by atoms with van der Waals surface area (Å²) < 4.78 is 43.4. The van der Waals surface area contributed by atoms with Crippen molar-refractivity contribution in [2.45, 2.75) is 31.0 Å². The van der Waals surface area contributed by atoms with E-state index in [1.54, 1.807) is 0 Å². The molecule has 0 radical (unpaired) electrons. The van der Waals surface area contributed by atoms with Crippen LogP contribution in [0, 0.1) is 0 Å². The lowest BCUT2D eigenvalue weighted by Crippen LogP contribution is -2.41. The van der Waals surface area contributed by atoms with Crippen LogP contribution in [0.5, 0.6) is 0 Å². The number of piperidine rings is 1. The van der Waals surface area contributed by atoms with Crippen LogP contribution in [0.3, 0.4) is 0 Å². The maximum absolute atomic E-state index is 12.7. The highest BCUT2D eigenvalue weighted by molar-refractivity contribution is 5.84. The van der Waals surface area contributed by atoms with Crippen LogP contribution in [0.4, 0.5) is 23.7 Å². The van der Waals surface area contributed by atoms with Gasteiger partial charge in [-0.3, -0.25) is 5.32 Å². The molecule has 7 heteroatoms. The number of benzene rings is 2. The number of rotatable bonds is 4. The van der Waals surface area contributed by atoms with E-state index in [4.69, 9.17) is 4.74 Å². The van der Waals surface area contributed by atoms with Gasteiger partial charge >= 0.3 is 12.3 Å². The van der Waals surface area contributed by atoms with Crippen LogP contribution in [0.25, 0.3) is 0 Å². The molecule has 0 saturated carbocycles. The van der Waals surface area contributed by atoms with Crippen molar-refractivity contribution in [1.29, 1.82) is 0 Å². The lowest BCUT2D eigenvalue weighted by molar-refractivity contribution is -0.137. The van der Waals surface area contributed by atoms with E-state index in [1.165, 1.54) is 17.7 Å². The molecule has 0 aromatic heterocycles.